The fourth-order valence-corrected chi connectivity index (χ4v) is 4.61. The molecule has 0 spiro atoms. The summed E-state index contributed by atoms with van der Waals surface area (Å²) in [7, 11) is 0. The Labute approximate surface area is 172 Å². The molecule has 1 saturated heterocycles. The Morgan fingerprint density at radius 2 is 1.86 bits per heavy atom. The fraction of sp³-hybridized carbons (Fsp3) is 0.955. The van der Waals surface area contributed by atoms with Crippen LogP contribution in [0.3, 0.4) is 0 Å². The monoisotopic (exact) mass is 396 g/mol. The highest BCUT2D eigenvalue weighted by atomic mass is 16.5. The van der Waals surface area contributed by atoms with Crippen LogP contribution in [0, 0.1) is 5.41 Å². The molecule has 2 aliphatic rings. The fourth-order valence-electron chi connectivity index (χ4n) is 4.61. The van der Waals surface area contributed by atoms with Crippen LogP contribution in [0.5, 0.6) is 0 Å². The molecule has 0 aromatic rings. The van der Waals surface area contributed by atoms with E-state index < -0.39 is 0 Å². The predicted octanol–water partition coefficient (Wildman–Crippen LogP) is 3.03. The van der Waals surface area contributed by atoms with Gasteiger partial charge in [0.1, 0.15) is 0 Å². The third-order valence-corrected chi connectivity index (χ3v) is 6.00. The number of guanidine groups is 1. The number of aliphatic imine (C=N–C) groups is 1. The lowest BCUT2D eigenvalue weighted by molar-refractivity contribution is -0.0679. The molecule has 2 atom stereocenters. The van der Waals surface area contributed by atoms with Gasteiger partial charge in [0.25, 0.3) is 0 Å². The Morgan fingerprint density at radius 1 is 1.14 bits per heavy atom. The van der Waals surface area contributed by atoms with E-state index >= 15 is 0 Å². The number of hydrogen-bond acceptors (Lipinski definition) is 4. The van der Waals surface area contributed by atoms with Gasteiger partial charge in [0, 0.05) is 52.5 Å². The minimum Gasteiger partial charge on any atom is -0.382 e. The molecule has 2 fully saturated rings. The summed E-state index contributed by atoms with van der Waals surface area (Å²) in [5.74, 6) is 0.967. The Morgan fingerprint density at radius 3 is 2.50 bits per heavy atom. The molecule has 1 heterocycles. The molecule has 2 N–H and O–H groups in total. The van der Waals surface area contributed by atoms with Gasteiger partial charge in [-0.1, -0.05) is 12.8 Å². The Hall–Kier alpha value is -0.850. The van der Waals surface area contributed by atoms with Crippen molar-refractivity contribution in [2.24, 2.45) is 10.4 Å². The van der Waals surface area contributed by atoms with Crippen LogP contribution in [-0.2, 0) is 9.47 Å². The van der Waals surface area contributed by atoms with Gasteiger partial charge in [-0.05, 0) is 58.8 Å². The van der Waals surface area contributed by atoms with E-state index in [1.54, 1.807) is 0 Å². The lowest BCUT2D eigenvalue weighted by Crippen LogP contribution is -2.46. The van der Waals surface area contributed by atoms with Gasteiger partial charge in [0.05, 0.1) is 12.2 Å². The summed E-state index contributed by atoms with van der Waals surface area (Å²) in [5.41, 5.74) is 0.345. The number of hydrogen-bond donors (Lipinski definition) is 2. The van der Waals surface area contributed by atoms with Crippen LogP contribution in [0.1, 0.15) is 66.2 Å². The van der Waals surface area contributed by atoms with Crippen molar-refractivity contribution >= 4 is 5.96 Å². The third kappa shape index (κ3) is 8.26. The van der Waals surface area contributed by atoms with Gasteiger partial charge in [-0.3, -0.25) is 9.89 Å². The predicted molar refractivity (Wildman–Crippen MR) is 117 cm³/mol. The first-order valence-electron chi connectivity index (χ1n) is 11.5. The minimum atomic E-state index is 0.342. The van der Waals surface area contributed by atoms with Crippen molar-refractivity contribution in [1.82, 2.24) is 15.5 Å². The van der Waals surface area contributed by atoms with Crippen LogP contribution in [0.2, 0.25) is 0 Å². The minimum absolute atomic E-state index is 0.342. The molecule has 28 heavy (non-hydrogen) atoms. The van der Waals surface area contributed by atoms with Gasteiger partial charge < -0.3 is 20.1 Å². The van der Waals surface area contributed by atoms with Crippen molar-refractivity contribution in [3.63, 3.8) is 0 Å². The van der Waals surface area contributed by atoms with Crippen molar-refractivity contribution < 1.29 is 9.47 Å². The Kier molecular flexibility index (Phi) is 10.6. The van der Waals surface area contributed by atoms with Crippen LogP contribution < -0.4 is 10.6 Å². The molecule has 0 amide bonds. The first-order chi connectivity index (χ1) is 13.6. The molecule has 0 radical (unpaired) electrons. The maximum atomic E-state index is 5.82. The number of nitrogens with zero attached hydrogens (tertiary/aromatic N) is 2. The SMILES string of the molecule is CCNC(=NCC1(CCOCC)CCCC1)NCCCN1CC(C)OC(C)C1. The highest BCUT2D eigenvalue weighted by Crippen LogP contribution is 2.41. The van der Waals surface area contributed by atoms with Gasteiger partial charge in [-0.15, -0.1) is 0 Å². The summed E-state index contributed by atoms with van der Waals surface area (Å²) in [6, 6.07) is 0. The van der Waals surface area contributed by atoms with Gasteiger partial charge in [0.15, 0.2) is 5.96 Å². The highest BCUT2D eigenvalue weighted by molar-refractivity contribution is 5.79. The summed E-state index contributed by atoms with van der Waals surface area (Å²) in [5, 5.41) is 6.96. The lowest BCUT2D eigenvalue weighted by atomic mass is 9.83. The second kappa shape index (κ2) is 12.7. The maximum absolute atomic E-state index is 5.82. The van der Waals surface area contributed by atoms with Crippen molar-refractivity contribution in [3.05, 3.63) is 0 Å². The molecular weight excluding hydrogens is 352 g/mol. The molecule has 2 rings (SSSR count). The largest absolute Gasteiger partial charge is 0.382 e. The summed E-state index contributed by atoms with van der Waals surface area (Å²) in [6.45, 7) is 16.2. The zero-order valence-corrected chi connectivity index (χ0v) is 18.8. The number of rotatable bonds is 11. The Bertz CT molecular complexity index is 442. The van der Waals surface area contributed by atoms with Crippen LogP contribution in [-0.4, -0.2) is 75.5 Å². The van der Waals surface area contributed by atoms with Crippen LogP contribution in [0.25, 0.3) is 0 Å². The highest BCUT2D eigenvalue weighted by Gasteiger charge is 2.33. The second-order valence-electron chi connectivity index (χ2n) is 8.65. The average Bonchev–Trinajstić information content (AvgIpc) is 3.12. The molecule has 6 nitrogen and oxygen atoms in total. The van der Waals surface area contributed by atoms with Gasteiger partial charge in [0.2, 0.25) is 0 Å². The quantitative estimate of drug-likeness (QED) is 0.319. The summed E-state index contributed by atoms with van der Waals surface area (Å²) >= 11 is 0. The van der Waals surface area contributed by atoms with E-state index in [1.807, 2.05) is 0 Å². The van der Waals surface area contributed by atoms with Crippen molar-refractivity contribution in [2.75, 3.05) is 52.5 Å². The molecular formula is C22H44N4O2. The molecule has 0 aromatic heterocycles. The lowest BCUT2D eigenvalue weighted by Gasteiger charge is -2.35. The zero-order chi connectivity index (χ0) is 20.2. The summed E-state index contributed by atoms with van der Waals surface area (Å²) in [6.07, 6.45) is 8.19. The van der Waals surface area contributed by atoms with Crippen LogP contribution >= 0.6 is 0 Å². The van der Waals surface area contributed by atoms with E-state index in [0.29, 0.717) is 17.6 Å². The van der Waals surface area contributed by atoms with E-state index in [0.717, 1.165) is 71.3 Å². The molecule has 0 aromatic carbocycles. The van der Waals surface area contributed by atoms with Crippen molar-refractivity contribution in [3.8, 4) is 0 Å². The molecule has 1 aliphatic carbocycles. The molecule has 2 unspecified atom stereocenters. The van der Waals surface area contributed by atoms with E-state index in [2.05, 4.69) is 43.2 Å². The van der Waals surface area contributed by atoms with E-state index in [4.69, 9.17) is 14.5 Å². The Balaban J connectivity index is 1.76. The van der Waals surface area contributed by atoms with Crippen LogP contribution in [0.15, 0.2) is 4.99 Å². The van der Waals surface area contributed by atoms with E-state index in [9.17, 15) is 0 Å². The van der Waals surface area contributed by atoms with Gasteiger partial charge >= 0.3 is 0 Å². The zero-order valence-electron chi connectivity index (χ0n) is 18.8. The molecule has 6 heteroatoms. The first-order valence-corrected chi connectivity index (χ1v) is 11.5. The second-order valence-corrected chi connectivity index (χ2v) is 8.65. The van der Waals surface area contributed by atoms with E-state index in [1.165, 1.54) is 25.7 Å². The summed E-state index contributed by atoms with van der Waals surface area (Å²) in [4.78, 5) is 7.48. The smallest absolute Gasteiger partial charge is 0.191 e. The number of nitrogens with one attached hydrogen (secondary N) is 2. The molecule has 1 saturated carbocycles. The topological polar surface area (TPSA) is 58.1 Å². The summed E-state index contributed by atoms with van der Waals surface area (Å²) < 4.78 is 11.5. The average molecular weight is 397 g/mol. The van der Waals surface area contributed by atoms with Gasteiger partial charge in [-0.25, -0.2) is 0 Å². The van der Waals surface area contributed by atoms with Crippen molar-refractivity contribution in [2.45, 2.75) is 78.4 Å². The first kappa shape index (κ1) is 23.4. The standard InChI is InChI=1S/C22H44N4O2/c1-5-23-21(24-13-9-14-26-16-19(3)28-20(4)17-26)25-18-22(10-7-8-11-22)12-15-27-6-2/h19-20H,5-18H2,1-4H3,(H2,23,24,25). The maximum Gasteiger partial charge on any atom is 0.191 e. The number of ether oxygens (including phenoxy) is 2. The van der Waals surface area contributed by atoms with E-state index in [-0.39, 0.29) is 0 Å². The third-order valence-electron chi connectivity index (χ3n) is 6.00. The molecule has 1 aliphatic heterocycles. The molecule has 164 valence electrons. The molecule has 0 bridgehead atoms. The van der Waals surface area contributed by atoms with Crippen LogP contribution in [0.4, 0.5) is 0 Å². The number of morpholine rings is 1. The normalized spacial score (nSPS) is 25.8. The van der Waals surface area contributed by atoms with Crippen molar-refractivity contribution in [1.29, 1.82) is 0 Å². The van der Waals surface area contributed by atoms with Gasteiger partial charge in [-0.2, -0.15) is 0 Å².